The zero-order valence-electron chi connectivity index (χ0n) is 13.6. The first-order valence-corrected chi connectivity index (χ1v) is 8.90. The fourth-order valence-corrected chi connectivity index (χ4v) is 3.93. The van der Waals surface area contributed by atoms with Crippen molar-refractivity contribution >= 4 is 51.9 Å². The molecule has 0 aliphatic carbocycles. The van der Waals surface area contributed by atoms with E-state index in [4.69, 9.17) is 12.2 Å². The van der Waals surface area contributed by atoms with Crippen LogP contribution in [0.5, 0.6) is 0 Å². The molecule has 1 fully saturated rings. The van der Waals surface area contributed by atoms with Gasteiger partial charge in [-0.25, -0.2) is 4.79 Å². The molecule has 7 nitrogen and oxygen atoms in total. The Hall–Kier alpha value is -3.04. The highest BCUT2D eigenvalue weighted by atomic mass is 32.2. The van der Waals surface area contributed by atoms with Gasteiger partial charge in [-0.2, -0.15) is 0 Å². The summed E-state index contributed by atoms with van der Waals surface area (Å²) >= 11 is 6.20. The van der Waals surface area contributed by atoms with E-state index in [-0.39, 0.29) is 14.9 Å². The number of rotatable bonds is 5. The average Bonchev–Trinajstić information content (AvgIpc) is 2.90. The number of benzene rings is 2. The van der Waals surface area contributed by atoms with Crippen molar-refractivity contribution in [3.8, 4) is 0 Å². The molecule has 1 heterocycles. The predicted molar refractivity (Wildman–Crippen MR) is 105 cm³/mol. The Morgan fingerprint density at radius 2 is 1.93 bits per heavy atom. The minimum atomic E-state index is -1.24. The maximum Gasteiger partial charge on any atom is 0.331 e. The van der Waals surface area contributed by atoms with Crippen molar-refractivity contribution in [1.82, 2.24) is 4.90 Å². The lowest BCUT2D eigenvalue weighted by Gasteiger charge is -2.23. The Morgan fingerprint density at radius 3 is 2.56 bits per heavy atom. The van der Waals surface area contributed by atoms with Gasteiger partial charge in [-0.15, -0.1) is 0 Å². The number of carbonyl (C=O) groups is 2. The summed E-state index contributed by atoms with van der Waals surface area (Å²) in [6, 6.07) is 12.9. The van der Waals surface area contributed by atoms with Crippen LogP contribution in [0, 0.1) is 10.1 Å². The molecule has 136 valence electrons. The molecule has 0 radical (unpaired) electrons. The molecule has 1 aliphatic heterocycles. The molecule has 1 N–H and O–H groups in total. The van der Waals surface area contributed by atoms with Crippen molar-refractivity contribution in [2.75, 3.05) is 0 Å². The lowest BCUT2D eigenvalue weighted by molar-refractivity contribution is -0.384. The van der Waals surface area contributed by atoms with Gasteiger partial charge in [0.15, 0.2) is 6.04 Å². The van der Waals surface area contributed by atoms with E-state index < -0.39 is 22.8 Å². The van der Waals surface area contributed by atoms with Crippen molar-refractivity contribution in [2.24, 2.45) is 0 Å². The molecule has 3 rings (SSSR count). The topological polar surface area (TPSA) is 101 Å². The number of thioether (sulfide) groups is 1. The van der Waals surface area contributed by atoms with Crippen molar-refractivity contribution in [2.45, 2.75) is 6.04 Å². The lowest BCUT2D eigenvalue weighted by atomic mass is 10.1. The van der Waals surface area contributed by atoms with Crippen LogP contribution in [0.1, 0.15) is 17.2 Å². The SMILES string of the molecule is O=C(O)C(c1ccccc1)N1C(=O)/C(=C/c2cccc([N+](=O)[O-])c2)SC1=S. The quantitative estimate of drug-likeness (QED) is 0.354. The van der Waals surface area contributed by atoms with Gasteiger partial charge in [-0.1, -0.05) is 66.4 Å². The van der Waals surface area contributed by atoms with Crippen LogP contribution in [0.25, 0.3) is 6.08 Å². The average molecular weight is 400 g/mol. The van der Waals surface area contributed by atoms with Crippen LogP contribution < -0.4 is 0 Å². The van der Waals surface area contributed by atoms with Crippen LogP contribution in [-0.4, -0.2) is 31.1 Å². The van der Waals surface area contributed by atoms with E-state index in [9.17, 15) is 24.8 Å². The van der Waals surface area contributed by atoms with Crippen molar-refractivity contribution in [3.63, 3.8) is 0 Å². The summed E-state index contributed by atoms with van der Waals surface area (Å²) < 4.78 is 0.118. The van der Waals surface area contributed by atoms with Crippen molar-refractivity contribution in [3.05, 3.63) is 80.7 Å². The van der Waals surface area contributed by atoms with E-state index in [2.05, 4.69) is 0 Å². The molecule has 0 bridgehead atoms. The highest BCUT2D eigenvalue weighted by Crippen LogP contribution is 2.38. The number of thiocarbonyl (C=S) groups is 1. The third kappa shape index (κ3) is 3.88. The first-order valence-electron chi connectivity index (χ1n) is 7.68. The molecule has 2 aromatic rings. The second-order valence-corrected chi connectivity index (χ2v) is 7.23. The first-order chi connectivity index (χ1) is 12.9. The molecule has 2 aromatic carbocycles. The number of amides is 1. The summed E-state index contributed by atoms with van der Waals surface area (Å²) in [4.78, 5) is 36.3. The molecule has 1 aliphatic rings. The normalized spacial score (nSPS) is 16.6. The predicted octanol–water partition coefficient (Wildman–Crippen LogP) is 3.62. The molecule has 0 spiro atoms. The summed E-state index contributed by atoms with van der Waals surface area (Å²) in [6.45, 7) is 0. The van der Waals surface area contributed by atoms with E-state index in [0.717, 1.165) is 16.7 Å². The number of non-ortho nitro benzene ring substituents is 1. The highest BCUT2D eigenvalue weighted by molar-refractivity contribution is 8.26. The zero-order chi connectivity index (χ0) is 19.6. The van der Waals surface area contributed by atoms with E-state index in [1.807, 2.05) is 0 Å². The van der Waals surface area contributed by atoms with E-state index >= 15 is 0 Å². The molecule has 1 saturated heterocycles. The Labute approximate surface area is 163 Å². The zero-order valence-corrected chi connectivity index (χ0v) is 15.3. The van der Waals surface area contributed by atoms with Gasteiger partial charge in [0, 0.05) is 12.1 Å². The van der Waals surface area contributed by atoms with Crippen LogP contribution in [0.2, 0.25) is 0 Å². The molecular weight excluding hydrogens is 388 g/mol. The van der Waals surface area contributed by atoms with Crippen LogP contribution in [0.15, 0.2) is 59.5 Å². The van der Waals surface area contributed by atoms with Crippen LogP contribution in [-0.2, 0) is 9.59 Å². The van der Waals surface area contributed by atoms with Crippen molar-refractivity contribution in [1.29, 1.82) is 0 Å². The number of aliphatic carboxylic acids is 1. The monoisotopic (exact) mass is 400 g/mol. The van der Waals surface area contributed by atoms with Gasteiger partial charge >= 0.3 is 5.97 Å². The summed E-state index contributed by atoms with van der Waals surface area (Å²) in [7, 11) is 0. The third-order valence-corrected chi connectivity index (χ3v) is 5.14. The Kier molecular flexibility index (Phi) is 5.33. The van der Waals surface area contributed by atoms with E-state index in [0.29, 0.717) is 11.1 Å². The maximum atomic E-state index is 12.8. The number of hydrogen-bond donors (Lipinski definition) is 1. The number of carboxylic acids is 1. The minimum Gasteiger partial charge on any atom is -0.479 e. The molecule has 1 atom stereocenters. The summed E-state index contributed by atoms with van der Waals surface area (Å²) in [5.41, 5.74) is 0.779. The Bertz CT molecular complexity index is 975. The number of nitro groups is 1. The summed E-state index contributed by atoms with van der Waals surface area (Å²) in [5.74, 6) is -1.75. The standard InChI is InChI=1S/C18H12N2O5S2/c21-16-14(10-11-5-4-8-13(9-11)20(24)25)27-18(26)19(16)15(17(22)23)12-6-2-1-3-7-12/h1-10,15H,(H,22,23)/b14-10-. The van der Waals surface area contributed by atoms with E-state index in [1.54, 1.807) is 36.4 Å². The lowest BCUT2D eigenvalue weighted by Crippen LogP contribution is -2.37. The smallest absolute Gasteiger partial charge is 0.331 e. The molecule has 1 amide bonds. The van der Waals surface area contributed by atoms with Gasteiger partial charge in [0.1, 0.15) is 4.32 Å². The molecule has 1 unspecified atom stereocenters. The number of nitro benzene ring substituents is 1. The fourth-order valence-electron chi connectivity index (χ4n) is 2.62. The molecule has 9 heteroatoms. The summed E-state index contributed by atoms with van der Waals surface area (Å²) in [5, 5.41) is 20.5. The van der Waals surface area contributed by atoms with Gasteiger partial charge in [0.2, 0.25) is 0 Å². The molecular formula is C18H12N2O5S2. The van der Waals surface area contributed by atoms with Gasteiger partial charge in [-0.3, -0.25) is 19.8 Å². The number of hydrogen-bond acceptors (Lipinski definition) is 6. The van der Waals surface area contributed by atoms with E-state index in [1.165, 1.54) is 24.3 Å². The van der Waals surface area contributed by atoms with Crippen LogP contribution in [0.3, 0.4) is 0 Å². The van der Waals surface area contributed by atoms with Gasteiger partial charge in [0.05, 0.1) is 9.83 Å². The highest BCUT2D eigenvalue weighted by Gasteiger charge is 2.41. The largest absolute Gasteiger partial charge is 0.479 e. The second-order valence-electron chi connectivity index (χ2n) is 5.56. The Morgan fingerprint density at radius 1 is 1.22 bits per heavy atom. The Balaban J connectivity index is 1.96. The third-order valence-electron chi connectivity index (χ3n) is 3.81. The summed E-state index contributed by atoms with van der Waals surface area (Å²) in [6.07, 6.45) is 1.47. The van der Waals surface area contributed by atoms with Crippen LogP contribution in [0.4, 0.5) is 5.69 Å². The fraction of sp³-hybridized carbons (Fsp3) is 0.0556. The van der Waals surface area contributed by atoms with Gasteiger partial charge < -0.3 is 5.11 Å². The number of carbonyl (C=O) groups excluding carboxylic acids is 1. The number of nitrogens with zero attached hydrogens (tertiary/aromatic N) is 2. The maximum absolute atomic E-state index is 12.8. The first kappa shape index (κ1) is 18.7. The molecule has 27 heavy (non-hydrogen) atoms. The van der Waals surface area contributed by atoms with Gasteiger partial charge in [0.25, 0.3) is 11.6 Å². The van der Waals surface area contributed by atoms with Crippen molar-refractivity contribution < 1.29 is 19.6 Å². The molecule has 0 aromatic heterocycles. The minimum absolute atomic E-state index is 0.105. The van der Waals surface area contributed by atoms with Gasteiger partial charge in [-0.05, 0) is 17.2 Å². The number of carboxylic acid groups (broad SMARTS) is 1. The molecule has 0 saturated carbocycles. The van der Waals surface area contributed by atoms with Crippen LogP contribution >= 0.6 is 24.0 Å². The second kappa shape index (κ2) is 7.68.